The number of rotatable bonds is 3. The van der Waals surface area contributed by atoms with Gasteiger partial charge in [-0.05, 0) is 24.3 Å². The van der Waals surface area contributed by atoms with Gasteiger partial charge in [0.05, 0.1) is 11.1 Å². The summed E-state index contributed by atoms with van der Waals surface area (Å²) in [5.74, 6) is -1.71. The molecule has 12 heteroatoms. The van der Waals surface area contributed by atoms with Crippen molar-refractivity contribution in [1.82, 2.24) is 8.54 Å². The van der Waals surface area contributed by atoms with E-state index >= 15 is 0 Å². The van der Waals surface area contributed by atoms with Gasteiger partial charge in [-0.1, -0.05) is 0 Å². The minimum absolute atomic E-state index is 0.136. The fourth-order valence-electron chi connectivity index (χ4n) is 1.97. The van der Waals surface area contributed by atoms with E-state index in [1.165, 1.54) is 7.05 Å². The molecule has 0 aliphatic heterocycles. The highest BCUT2D eigenvalue weighted by Crippen LogP contribution is 2.24. The molecule has 0 unspecified atom stereocenters. The van der Waals surface area contributed by atoms with E-state index in [1.54, 1.807) is 0 Å². The van der Waals surface area contributed by atoms with Crippen molar-refractivity contribution in [2.45, 2.75) is 11.3 Å². The van der Waals surface area contributed by atoms with Crippen LogP contribution in [0.3, 0.4) is 0 Å². The molecule has 0 radical (unpaired) electrons. The molecular weight excluding hydrogens is 370 g/mol. The molecule has 0 N–H and O–H groups in total. The van der Waals surface area contributed by atoms with Crippen LogP contribution in [0.15, 0.2) is 45.1 Å². The summed E-state index contributed by atoms with van der Waals surface area (Å²) in [5, 5.41) is 0. The van der Waals surface area contributed by atoms with Gasteiger partial charge in [0.1, 0.15) is 5.75 Å². The van der Waals surface area contributed by atoms with E-state index in [9.17, 15) is 30.8 Å². The van der Waals surface area contributed by atoms with E-state index in [-0.39, 0.29) is 9.46 Å². The Labute approximate surface area is 138 Å². The van der Waals surface area contributed by atoms with Crippen LogP contribution < -0.4 is 15.9 Å². The molecule has 0 aliphatic carbocycles. The number of benzene rings is 1. The third-order valence-electron chi connectivity index (χ3n) is 3.06. The van der Waals surface area contributed by atoms with Crippen molar-refractivity contribution < 1.29 is 30.7 Å². The number of nitrogens with zero attached hydrogens (tertiary/aromatic N) is 3. The number of aromatic nitrogens is 2. The quantitative estimate of drug-likeness (QED) is 0.743. The Bertz CT molecular complexity index is 1020. The molecule has 0 aliphatic rings. The molecular formula is C13H11F4N3O4S. The van der Waals surface area contributed by atoms with Crippen molar-refractivity contribution in [3.8, 4) is 5.75 Å². The summed E-state index contributed by atoms with van der Waals surface area (Å²) in [6.45, 7) is 0. The predicted octanol–water partition coefficient (Wildman–Crippen LogP) is 0.992. The van der Waals surface area contributed by atoms with Gasteiger partial charge in [0, 0.05) is 14.1 Å². The van der Waals surface area contributed by atoms with Crippen LogP contribution in [0.2, 0.25) is 0 Å². The molecule has 2 aromatic rings. The molecule has 2 rings (SSSR count). The second kappa shape index (κ2) is 6.35. The van der Waals surface area contributed by atoms with Gasteiger partial charge in [0.15, 0.2) is 11.3 Å². The Balaban J connectivity index is 2.55. The number of hydrogen-bond donors (Lipinski definition) is 0. The van der Waals surface area contributed by atoms with E-state index in [0.717, 1.165) is 31.3 Å². The maximum absolute atomic E-state index is 13.9. The van der Waals surface area contributed by atoms with Crippen molar-refractivity contribution >= 4 is 10.0 Å². The molecule has 0 saturated heterocycles. The van der Waals surface area contributed by atoms with Crippen LogP contribution in [0, 0.1) is 5.82 Å². The van der Waals surface area contributed by atoms with Crippen LogP contribution in [0.5, 0.6) is 5.75 Å². The fourth-order valence-corrected chi connectivity index (χ4v) is 3.24. The molecule has 0 fully saturated rings. The molecule has 0 atom stereocenters. The molecule has 1 heterocycles. The Kier molecular flexibility index (Phi) is 4.75. The zero-order valence-corrected chi connectivity index (χ0v) is 13.6. The van der Waals surface area contributed by atoms with Gasteiger partial charge < -0.3 is 4.74 Å². The van der Waals surface area contributed by atoms with E-state index in [4.69, 9.17) is 0 Å². The number of halogens is 4. The first kappa shape index (κ1) is 18.7. The molecule has 7 nitrogen and oxygen atoms in total. The van der Waals surface area contributed by atoms with Gasteiger partial charge in [-0.25, -0.2) is 17.6 Å². The van der Waals surface area contributed by atoms with Crippen LogP contribution in [0.25, 0.3) is 0 Å². The predicted molar refractivity (Wildman–Crippen MR) is 76.8 cm³/mol. The van der Waals surface area contributed by atoms with Crippen molar-refractivity contribution in [2.24, 2.45) is 12.0 Å². The second-order valence-corrected chi connectivity index (χ2v) is 6.50. The summed E-state index contributed by atoms with van der Waals surface area (Å²) in [7, 11) is -2.19. The largest absolute Gasteiger partial charge is 0.573 e. The fraction of sp³-hybridized carbons (Fsp3) is 0.231. The first-order valence-corrected chi connectivity index (χ1v) is 7.94. The van der Waals surface area contributed by atoms with Gasteiger partial charge in [-0.15, -0.1) is 13.2 Å². The summed E-state index contributed by atoms with van der Waals surface area (Å²) in [5.41, 5.74) is -1.46. The molecule has 1 aromatic carbocycles. The molecule has 1 aromatic heterocycles. The highest BCUT2D eigenvalue weighted by molar-refractivity contribution is 7.90. The summed E-state index contributed by atoms with van der Waals surface area (Å²) >= 11 is 0. The van der Waals surface area contributed by atoms with Crippen LogP contribution in [0.4, 0.5) is 17.6 Å². The van der Waals surface area contributed by atoms with Crippen molar-refractivity contribution in [3.05, 3.63) is 52.3 Å². The highest BCUT2D eigenvalue weighted by atomic mass is 32.2. The maximum atomic E-state index is 13.9. The van der Waals surface area contributed by atoms with E-state index in [2.05, 4.69) is 9.73 Å². The molecule has 136 valence electrons. The normalized spacial score (nSPS) is 13.1. The lowest BCUT2D eigenvalue weighted by atomic mass is 10.3. The average molecular weight is 381 g/mol. The van der Waals surface area contributed by atoms with Crippen LogP contribution >= 0.6 is 0 Å². The van der Waals surface area contributed by atoms with Gasteiger partial charge in [0.2, 0.25) is 0 Å². The number of alkyl halides is 3. The lowest BCUT2D eigenvalue weighted by Gasteiger charge is -2.11. The first-order chi connectivity index (χ1) is 11.5. The van der Waals surface area contributed by atoms with E-state index < -0.39 is 38.5 Å². The highest BCUT2D eigenvalue weighted by Gasteiger charge is 2.31. The van der Waals surface area contributed by atoms with Crippen molar-refractivity contribution in [1.29, 1.82) is 0 Å². The Morgan fingerprint density at radius 3 is 2.20 bits per heavy atom. The van der Waals surface area contributed by atoms with Crippen molar-refractivity contribution in [3.63, 3.8) is 0 Å². The summed E-state index contributed by atoms with van der Waals surface area (Å²) in [6.07, 6.45) is -4.49. The first-order valence-electron chi connectivity index (χ1n) is 6.50. The van der Waals surface area contributed by atoms with Crippen LogP contribution in [0.1, 0.15) is 0 Å². The maximum Gasteiger partial charge on any atom is 0.573 e. The average Bonchev–Trinajstić information content (AvgIpc) is 2.50. The Hall–Kier alpha value is -2.63. The zero-order valence-electron chi connectivity index (χ0n) is 12.8. The molecule has 0 spiro atoms. The minimum atomic E-state index is -4.94. The monoisotopic (exact) mass is 381 g/mol. The summed E-state index contributed by atoms with van der Waals surface area (Å²) in [4.78, 5) is 15.1. The second-order valence-electron chi connectivity index (χ2n) is 4.69. The van der Waals surface area contributed by atoms with Gasteiger partial charge in [-0.3, -0.25) is 9.56 Å². The smallest absolute Gasteiger partial charge is 0.406 e. The zero-order chi connectivity index (χ0) is 19.0. The lowest BCUT2D eigenvalue weighted by Crippen LogP contribution is -2.42. The minimum Gasteiger partial charge on any atom is -0.406 e. The van der Waals surface area contributed by atoms with Crippen molar-refractivity contribution in [2.75, 3.05) is 7.05 Å². The number of ether oxygens (including phenoxy) is 1. The topological polar surface area (TPSA) is 82.7 Å². The third-order valence-corrected chi connectivity index (χ3v) is 4.71. The Morgan fingerprint density at radius 1 is 1.16 bits per heavy atom. The van der Waals surface area contributed by atoms with Gasteiger partial charge >= 0.3 is 12.1 Å². The molecule has 25 heavy (non-hydrogen) atoms. The number of hydrogen-bond acceptors (Lipinski definition) is 5. The molecule has 0 amide bonds. The van der Waals surface area contributed by atoms with Crippen LogP contribution in [-0.4, -0.2) is 30.4 Å². The van der Waals surface area contributed by atoms with E-state index in [0.29, 0.717) is 10.8 Å². The third kappa shape index (κ3) is 3.73. The lowest BCUT2D eigenvalue weighted by molar-refractivity contribution is -0.274. The van der Waals surface area contributed by atoms with Crippen LogP contribution in [-0.2, 0) is 17.1 Å². The molecule has 0 saturated carbocycles. The van der Waals surface area contributed by atoms with E-state index in [1.807, 2.05) is 0 Å². The van der Waals surface area contributed by atoms with Gasteiger partial charge in [-0.2, -0.15) is 3.97 Å². The molecule has 0 bridgehead atoms. The SMILES string of the molecule is C/N=c1\c(F)cn(S(=O)(=O)c2ccc(OC(F)(F)F)cc2)c(=O)n1C. The summed E-state index contributed by atoms with van der Waals surface area (Å²) < 4.78 is 79.6. The Morgan fingerprint density at radius 2 is 1.72 bits per heavy atom. The summed E-state index contributed by atoms with van der Waals surface area (Å²) in [6, 6.07) is 3.13. The van der Waals surface area contributed by atoms with Gasteiger partial charge in [0.25, 0.3) is 10.0 Å². The standard InChI is InChI=1S/C13H11F4N3O4S/c1-18-11-10(14)7-20(12(21)19(11)2)25(22,23)9-5-3-8(4-6-9)24-13(15,16)17/h3-7H,1-2H3/b18-11+.